The van der Waals surface area contributed by atoms with Crippen LogP contribution in [0.25, 0.3) is 0 Å². The van der Waals surface area contributed by atoms with Crippen molar-refractivity contribution in [2.45, 2.75) is 20.3 Å². The summed E-state index contributed by atoms with van der Waals surface area (Å²) in [5.74, 6) is 2.39. The monoisotopic (exact) mass is 377 g/mol. The summed E-state index contributed by atoms with van der Waals surface area (Å²) in [6.45, 7) is 5.92. The molecule has 0 amide bonds. The van der Waals surface area contributed by atoms with Crippen LogP contribution in [0.2, 0.25) is 0 Å². The molecule has 0 saturated heterocycles. The maximum absolute atomic E-state index is 4.45. The van der Waals surface area contributed by atoms with Gasteiger partial charge in [-0.1, -0.05) is 22.0 Å². The molecule has 1 aromatic heterocycles. The molecule has 124 valence electrons. The van der Waals surface area contributed by atoms with E-state index in [4.69, 9.17) is 0 Å². The van der Waals surface area contributed by atoms with Gasteiger partial charge in [0.2, 0.25) is 0 Å². The zero-order chi connectivity index (χ0) is 16.8. The van der Waals surface area contributed by atoms with Crippen molar-refractivity contribution in [3.8, 4) is 0 Å². The van der Waals surface area contributed by atoms with E-state index in [-0.39, 0.29) is 0 Å². The summed E-state index contributed by atoms with van der Waals surface area (Å²) in [4.78, 5) is 11.1. The van der Waals surface area contributed by atoms with Crippen LogP contribution in [0.3, 0.4) is 0 Å². The van der Waals surface area contributed by atoms with Crippen molar-refractivity contribution in [2.75, 3.05) is 37.8 Å². The molecule has 5 nitrogen and oxygen atoms in total. The van der Waals surface area contributed by atoms with Gasteiger partial charge in [-0.15, -0.1) is 0 Å². The molecule has 0 aliphatic carbocycles. The highest BCUT2D eigenvalue weighted by Crippen LogP contribution is 2.23. The quantitative estimate of drug-likeness (QED) is 0.715. The van der Waals surface area contributed by atoms with Crippen LogP contribution in [0.1, 0.15) is 17.8 Å². The summed E-state index contributed by atoms with van der Waals surface area (Å²) in [6.07, 6.45) is 1.07. The fraction of sp³-hybridized carbons (Fsp3) is 0.412. The highest BCUT2D eigenvalue weighted by Gasteiger charge is 2.04. The van der Waals surface area contributed by atoms with Crippen LogP contribution in [0.5, 0.6) is 0 Å². The van der Waals surface area contributed by atoms with E-state index in [1.807, 2.05) is 19.1 Å². The number of hydrogen-bond donors (Lipinski definition) is 2. The first-order valence-electron chi connectivity index (χ1n) is 7.71. The van der Waals surface area contributed by atoms with Gasteiger partial charge in [0.15, 0.2) is 0 Å². The molecule has 2 N–H and O–H groups in total. The van der Waals surface area contributed by atoms with Crippen LogP contribution in [0.15, 0.2) is 28.7 Å². The minimum atomic E-state index is 0.747. The molecule has 1 aromatic carbocycles. The lowest BCUT2D eigenvalue weighted by atomic mass is 10.2. The molecule has 6 heteroatoms. The first-order valence-corrected chi connectivity index (χ1v) is 8.51. The summed E-state index contributed by atoms with van der Waals surface area (Å²) in [6, 6.07) is 8.11. The van der Waals surface area contributed by atoms with Crippen LogP contribution in [-0.4, -0.2) is 42.1 Å². The SMILES string of the molecule is Cc1nc(NCCCN(C)C)cc(Nc2ccc(C)c(Br)c2)n1. The van der Waals surface area contributed by atoms with Crippen molar-refractivity contribution < 1.29 is 0 Å². The maximum Gasteiger partial charge on any atom is 0.136 e. The number of halogens is 1. The van der Waals surface area contributed by atoms with Crippen molar-refractivity contribution in [2.24, 2.45) is 0 Å². The third-order valence-corrected chi connectivity index (χ3v) is 4.22. The van der Waals surface area contributed by atoms with Gasteiger partial charge in [0.25, 0.3) is 0 Å². The zero-order valence-corrected chi connectivity index (χ0v) is 15.7. The van der Waals surface area contributed by atoms with Crippen molar-refractivity contribution in [1.29, 1.82) is 0 Å². The van der Waals surface area contributed by atoms with E-state index in [0.29, 0.717) is 0 Å². The predicted molar refractivity (Wildman–Crippen MR) is 101 cm³/mol. The van der Waals surface area contributed by atoms with Crippen LogP contribution in [0.4, 0.5) is 17.3 Å². The number of aromatic nitrogens is 2. The average Bonchev–Trinajstić information content (AvgIpc) is 2.47. The van der Waals surface area contributed by atoms with Crippen molar-refractivity contribution in [3.63, 3.8) is 0 Å². The Hall–Kier alpha value is -1.66. The molecule has 0 atom stereocenters. The number of rotatable bonds is 7. The molecule has 0 aliphatic heterocycles. The maximum atomic E-state index is 4.45. The van der Waals surface area contributed by atoms with E-state index in [0.717, 1.165) is 47.1 Å². The number of hydrogen-bond acceptors (Lipinski definition) is 5. The summed E-state index contributed by atoms with van der Waals surface area (Å²) in [5, 5.41) is 6.69. The normalized spacial score (nSPS) is 10.9. The number of nitrogens with zero attached hydrogens (tertiary/aromatic N) is 3. The number of benzene rings is 1. The van der Waals surface area contributed by atoms with E-state index in [1.165, 1.54) is 5.56 Å². The van der Waals surface area contributed by atoms with Gasteiger partial charge in [-0.05, 0) is 58.6 Å². The van der Waals surface area contributed by atoms with Gasteiger partial charge in [0.05, 0.1) is 0 Å². The fourth-order valence-corrected chi connectivity index (χ4v) is 2.53. The molecule has 0 radical (unpaired) electrons. The second-order valence-corrected chi connectivity index (χ2v) is 6.71. The van der Waals surface area contributed by atoms with Crippen LogP contribution >= 0.6 is 15.9 Å². The molecule has 0 bridgehead atoms. The van der Waals surface area contributed by atoms with E-state index in [2.05, 4.69) is 74.6 Å². The Kier molecular flexibility index (Phi) is 6.36. The van der Waals surface area contributed by atoms with Gasteiger partial charge in [0, 0.05) is 22.8 Å². The van der Waals surface area contributed by atoms with Crippen molar-refractivity contribution >= 4 is 33.3 Å². The van der Waals surface area contributed by atoms with Gasteiger partial charge in [0.1, 0.15) is 17.5 Å². The van der Waals surface area contributed by atoms with E-state index >= 15 is 0 Å². The average molecular weight is 378 g/mol. The number of anilines is 3. The van der Waals surface area contributed by atoms with Gasteiger partial charge in [-0.3, -0.25) is 0 Å². The molecule has 1 heterocycles. The summed E-state index contributed by atoms with van der Waals surface area (Å²) < 4.78 is 1.08. The molecule has 0 saturated carbocycles. The Morgan fingerprint density at radius 2 is 1.83 bits per heavy atom. The van der Waals surface area contributed by atoms with Crippen LogP contribution in [0, 0.1) is 13.8 Å². The summed E-state index contributed by atoms with van der Waals surface area (Å²) in [5.41, 5.74) is 2.21. The van der Waals surface area contributed by atoms with Crippen molar-refractivity contribution in [3.05, 3.63) is 40.1 Å². The Labute approximate surface area is 146 Å². The molecule has 2 aromatic rings. The fourth-order valence-electron chi connectivity index (χ4n) is 2.15. The largest absolute Gasteiger partial charge is 0.370 e. The molecule has 0 unspecified atom stereocenters. The standard InChI is InChI=1S/C17H24BrN5/c1-12-6-7-14(10-15(12)18)22-17-11-16(20-13(2)21-17)19-8-5-9-23(3)4/h6-7,10-11H,5,8-9H2,1-4H3,(H2,19,20,21,22). The third kappa shape index (κ3) is 5.80. The lowest BCUT2D eigenvalue weighted by Gasteiger charge is -2.12. The highest BCUT2D eigenvalue weighted by atomic mass is 79.9. The molecule has 0 spiro atoms. The van der Waals surface area contributed by atoms with Gasteiger partial charge < -0.3 is 15.5 Å². The van der Waals surface area contributed by atoms with Gasteiger partial charge in [-0.25, -0.2) is 9.97 Å². The molecule has 0 fully saturated rings. The Balaban J connectivity index is 2.03. The van der Waals surface area contributed by atoms with Crippen LogP contribution in [-0.2, 0) is 0 Å². The summed E-state index contributed by atoms with van der Waals surface area (Å²) >= 11 is 3.55. The number of nitrogens with one attached hydrogen (secondary N) is 2. The molecular weight excluding hydrogens is 354 g/mol. The van der Waals surface area contributed by atoms with Crippen LogP contribution < -0.4 is 10.6 Å². The highest BCUT2D eigenvalue weighted by molar-refractivity contribution is 9.10. The third-order valence-electron chi connectivity index (χ3n) is 3.37. The minimum Gasteiger partial charge on any atom is -0.370 e. The summed E-state index contributed by atoms with van der Waals surface area (Å²) in [7, 11) is 4.16. The first-order chi connectivity index (χ1) is 10.9. The van der Waals surface area contributed by atoms with E-state index in [1.54, 1.807) is 0 Å². The minimum absolute atomic E-state index is 0.747. The molecule has 0 aliphatic rings. The second-order valence-electron chi connectivity index (χ2n) is 5.86. The van der Waals surface area contributed by atoms with E-state index < -0.39 is 0 Å². The topological polar surface area (TPSA) is 53.1 Å². The first kappa shape index (κ1) is 17.7. The molecular formula is C17H24BrN5. The smallest absolute Gasteiger partial charge is 0.136 e. The zero-order valence-electron chi connectivity index (χ0n) is 14.2. The Morgan fingerprint density at radius 1 is 1.09 bits per heavy atom. The Bertz CT molecular complexity index is 657. The lowest BCUT2D eigenvalue weighted by Crippen LogP contribution is -2.16. The van der Waals surface area contributed by atoms with E-state index in [9.17, 15) is 0 Å². The van der Waals surface area contributed by atoms with Crippen molar-refractivity contribution in [1.82, 2.24) is 14.9 Å². The van der Waals surface area contributed by atoms with Gasteiger partial charge in [-0.2, -0.15) is 0 Å². The lowest BCUT2D eigenvalue weighted by molar-refractivity contribution is 0.405. The second kappa shape index (κ2) is 8.26. The molecule has 2 rings (SSSR count). The Morgan fingerprint density at radius 3 is 2.52 bits per heavy atom. The predicted octanol–water partition coefficient (Wildman–Crippen LogP) is 3.96. The number of aryl methyl sites for hydroxylation is 2. The molecule has 23 heavy (non-hydrogen) atoms. The van der Waals surface area contributed by atoms with Gasteiger partial charge >= 0.3 is 0 Å².